The van der Waals surface area contributed by atoms with Crippen LogP contribution < -0.4 is 20.1 Å². The molecule has 2 heterocycles. The molecule has 0 bridgehead atoms. The third-order valence-electron chi connectivity index (χ3n) is 5.51. The summed E-state index contributed by atoms with van der Waals surface area (Å²) >= 11 is 0. The first kappa shape index (κ1) is 20.1. The number of rotatable bonds is 4. The van der Waals surface area contributed by atoms with Crippen molar-refractivity contribution in [1.82, 2.24) is 10.6 Å². The molecule has 0 unspecified atom stereocenters. The number of fused-ring (bicyclic) bond motifs is 1. The largest absolute Gasteiger partial charge is 0.482 e. The molecule has 2 aliphatic heterocycles. The monoisotopic (exact) mass is 410 g/mol. The number of carbonyl (C=O) groups excluding carboxylic acids is 2. The molecular weight excluding hydrogens is 384 g/mol. The van der Waals surface area contributed by atoms with Crippen LogP contribution in [0, 0.1) is 0 Å². The first-order chi connectivity index (χ1) is 14.3. The predicted octanol–water partition coefficient (Wildman–Crippen LogP) is 3.33. The molecular formula is C23H26N2O5. The highest BCUT2D eigenvalue weighted by Gasteiger charge is 2.49. The first-order valence-electron chi connectivity index (χ1n) is 9.97. The summed E-state index contributed by atoms with van der Waals surface area (Å²) in [6.07, 6.45) is 1.21. The van der Waals surface area contributed by atoms with Crippen LogP contribution in [0.3, 0.4) is 0 Å². The van der Waals surface area contributed by atoms with Crippen LogP contribution in [0.25, 0.3) is 0 Å². The molecule has 0 saturated carbocycles. The summed E-state index contributed by atoms with van der Waals surface area (Å²) in [6.45, 7) is 3.79. The van der Waals surface area contributed by atoms with Gasteiger partial charge in [0, 0.05) is 35.9 Å². The van der Waals surface area contributed by atoms with Gasteiger partial charge in [-0.25, -0.2) is 9.59 Å². The molecule has 4 rings (SSSR count). The van der Waals surface area contributed by atoms with Crippen molar-refractivity contribution in [2.75, 3.05) is 13.7 Å². The van der Waals surface area contributed by atoms with Gasteiger partial charge in [0.15, 0.2) is 12.3 Å². The number of hydrogen-bond donors (Lipinski definition) is 2. The molecule has 0 radical (unpaired) electrons. The van der Waals surface area contributed by atoms with Gasteiger partial charge >= 0.3 is 12.0 Å². The number of ether oxygens (including phenoxy) is 3. The third-order valence-corrected chi connectivity index (χ3v) is 5.51. The fourth-order valence-electron chi connectivity index (χ4n) is 4.39. The molecule has 0 aliphatic carbocycles. The van der Waals surface area contributed by atoms with E-state index in [1.165, 1.54) is 7.11 Å². The Balaban J connectivity index is 1.73. The Morgan fingerprint density at radius 1 is 1.17 bits per heavy atom. The van der Waals surface area contributed by atoms with E-state index in [0.29, 0.717) is 24.3 Å². The van der Waals surface area contributed by atoms with Gasteiger partial charge in [0.25, 0.3) is 0 Å². The van der Waals surface area contributed by atoms with Crippen molar-refractivity contribution in [1.29, 1.82) is 0 Å². The molecule has 0 aromatic heterocycles. The van der Waals surface area contributed by atoms with Gasteiger partial charge in [-0.2, -0.15) is 0 Å². The van der Waals surface area contributed by atoms with Crippen molar-refractivity contribution in [2.24, 2.45) is 0 Å². The summed E-state index contributed by atoms with van der Waals surface area (Å²) in [6, 6.07) is 15.5. The van der Waals surface area contributed by atoms with Crippen LogP contribution in [0.1, 0.15) is 43.7 Å². The Kier molecular flexibility index (Phi) is 5.05. The van der Waals surface area contributed by atoms with E-state index in [-0.39, 0.29) is 18.6 Å². The Morgan fingerprint density at radius 3 is 2.63 bits per heavy atom. The second-order valence-corrected chi connectivity index (χ2v) is 8.47. The molecule has 2 aliphatic rings. The van der Waals surface area contributed by atoms with Gasteiger partial charge in [-0.15, -0.1) is 0 Å². The van der Waals surface area contributed by atoms with Crippen molar-refractivity contribution in [2.45, 2.75) is 43.9 Å². The molecule has 2 N–H and O–H groups in total. The molecule has 2 aromatic carbocycles. The molecule has 7 heteroatoms. The lowest BCUT2D eigenvalue weighted by Gasteiger charge is -2.49. The number of urea groups is 1. The van der Waals surface area contributed by atoms with Crippen LogP contribution >= 0.6 is 0 Å². The Labute approximate surface area is 175 Å². The van der Waals surface area contributed by atoms with Crippen LogP contribution in [-0.2, 0) is 9.53 Å². The molecule has 30 heavy (non-hydrogen) atoms. The van der Waals surface area contributed by atoms with Crippen LogP contribution in [0.2, 0.25) is 0 Å². The molecule has 1 fully saturated rings. The SMILES string of the molecule is COC(=O)COc1ccc2c(c1)O[C@]1(C[C@H]2c2ccccc2)CC(C)(C)NC(=O)N1. The number of hydrogen-bond acceptors (Lipinski definition) is 5. The smallest absolute Gasteiger partial charge is 0.343 e. The lowest BCUT2D eigenvalue weighted by molar-refractivity contribution is -0.142. The molecule has 2 amide bonds. The van der Waals surface area contributed by atoms with E-state index in [4.69, 9.17) is 9.47 Å². The maximum Gasteiger partial charge on any atom is 0.343 e. The van der Waals surface area contributed by atoms with E-state index in [2.05, 4.69) is 27.5 Å². The van der Waals surface area contributed by atoms with Gasteiger partial charge in [0.2, 0.25) is 0 Å². The minimum absolute atomic E-state index is 0.0406. The average molecular weight is 410 g/mol. The highest BCUT2D eigenvalue weighted by molar-refractivity contribution is 5.77. The maximum absolute atomic E-state index is 12.4. The number of nitrogens with one attached hydrogen (secondary N) is 2. The average Bonchev–Trinajstić information content (AvgIpc) is 2.70. The van der Waals surface area contributed by atoms with Crippen molar-refractivity contribution < 1.29 is 23.8 Å². The van der Waals surface area contributed by atoms with Crippen molar-refractivity contribution in [3.63, 3.8) is 0 Å². The Bertz CT molecular complexity index is 959. The number of carbonyl (C=O) groups is 2. The zero-order chi connectivity index (χ0) is 21.4. The van der Waals surface area contributed by atoms with Crippen molar-refractivity contribution in [3.8, 4) is 11.5 Å². The normalized spacial score (nSPS) is 24.1. The van der Waals surface area contributed by atoms with Gasteiger partial charge in [-0.3, -0.25) is 0 Å². The van der Waals surface area contributed by atoms with E-state index in [1.54, 1.807) is 6.07 Å². The number of amides is 2. The van der Waals surface area contributed by atoms with Crippen molar-refractivity contribution in [3.05, 3.63) is 59.7 Å². The van der Waals surface area contributed by atoms with Gasteiger partial charge in [0.05, 0.1) is 7.11 Å². The van der Waals surface area contributed by atoms with Crippen LogP contribution in [0.4, 0.5) is 4.79 Å². The molecule has 7 nitrogen and oxygen atoms in total. The van der Waals surface area contributed by atoms with Crippen LogP contribution in [0.5, 0.6) is 11.5 Å². The van der Waals surface area contributed by atoms with Gasteiger partial charge in [0.1, 0.15) is 11.5 Å². The molecule has 1 spiro atoms. The fraction of sp³-hybridized carbons (Fsp3) is 0.391. The van der Waals surface area contributed by atoms with Crippen molar-refractivity contribution >= 4 is 12.0 Å². The quantitative estimate of drug-likeness (QED) is 0.755. The Morgan fingerprint density at radius 2 is 1.93 bits per heavy atom. The number of esters is 1. The van der Waals surface area contributed by atoms with E-state index >= 15 is 0 Å². The van der Waals surface area contributed by atoms with Gasteiger partial charge in [-0.1, -0.05) is 36.4 Å². The highest BCUT2D eigenvalue weighted by Crippen LogP contribution is 2.47. The van der Waals surface area contributed by atoms with Crippen LogP contribution in [-0.4, -0.2) is 37.0 Å². The molecule has 1 saturated heterocycles. The van der Waals surface area contributed by atoms with E-state index in [0.717, 1.165) is 11.1 Å². The first-order valence-corrected chi connectivity index (χ1v) is 9.97. The molecule has 158 valence electrons. The molecule has 2 aromatic rings. The van der Waals surface area contributed by atoms with Gasteiger partial charge in [-0.05, 0) is 25.5 Å². The summed E-state index contributed by atoms with van der Waals surface area (Å²) in [5, 5.41) is 5.97. The third kappa shape index (κ3) is 4.06. The topological polar surface area (TPSA) is 85.9 Å². The highest BCUT2D eigenvalue weighted by atomic mass is 16.6. The lowest BCUT2D eigenvalue weighted by atomic mass is 9.77. The summed E-state index contributed by atoms with van der Waals surface area (Å²) in [7, 11) is 1.32. The fourth-order valence-corrected chi connectivity index (χ4v) is 4.39. The van der Waals surface area contributed by atoms with E-state index < -0.39 is 17.2 Å². The Hall–Kier alpha value is -3.22. The zero-order valence-electron chi connectivity index (χ0n) is 17.4. The standard InChI is InChI=1S/C23H26N2O5/c1-22(2)14-23(25-21(27)24-22)12-18(15-7-5-4-6-8-15)17-10-9-16(11-19(17)30-23)29-13-20(26)28-3/h4-11,18H,12-14H2,1-3H3,(H2,24,25,27)/t18-,23+/m0/s1. The minimum Gasteiger partial charge on any atom is -0.482 e. The van der Waals surface area contributed by atoms with E-state index in [1.807, 2.05) is 44.2 Å². The van der Waals surface area contributed by atoms with Crippen LogP contribution in [0.15, 0.2) is 48.5 Å². The second-order valence-electron chi connectivity index (χ2n) is 8.47. The maximum atomic E-state index is 12.4. The predicted molar refractivity (Wildman–Crippen MR) is 111 cm³/mol. The number of methoxy groups -OCH3 is 1. The summed E-state index contributed by atoms with van der Waals surface area (Å²) in [5.74, 6) is 0.719. The van der Waals surface area contributed by atoms with Gasteiger partial charge < -0.3 is 24.8 Å². The summed E-state index contributed by atoms with van der Waals surface area (Å²) in [4.78, 5) is 23.8. The van der Waals surface area contributed by atoms with E-state index in [9.17, 15) is 9.59 Å². The minimum atomic E-state index is -0.847. The number of benzene rings is 2. The zero-order valence-corrected chi connectivity index (χ0v) is 17.4. The summed E-state index contributed by atoms with van der Waals surface area (Å²) < 4.78 is 16.6. The lowest BCUT2D eigenvalue weighted by Crippen LogP contribution is -2.69. The molecule has 2 atom stereocenters. The second kappa shape index (κ2) is 7.55. The summed E-state index contributed by atoms with van der Waals surface area (Å²) in [5.41, 5.74) is 0.901.